The SMILES string of the molecule is CC(C)(C)OC(=O)Nc1ccnn1C1(C(F)(F)F)CC1. The number of alkyl halides is 3. The third kappa shape index (κ3) is 2.73. The minimum Gasteiger partial charge on any atom is -0.444 e. The summed E-state index contributed by atoms with van der Waals surface area (Å²) in [5.41, 5.74) is -2.73. The van der Waals surface area contributed by atoms with Crippen LogP contribution in [0.3, 0.4) is 0 Å². The Hall–Kier alpha value is -1.73. The van der Waals surface area contributed by atoms with Crippen LogP contribution in [0.15, 0.2) is 12.3 Å². The fraction of sp³-hybridized carbons (Fsp3) is 0.667. The van der Waals surface area contributed by atoms with E-state index in [2.05, 4.69) is 10.4 Å². The van der Waals surface area contributed by atoms with Crippen molar-refractivity contribution >= 4 is 11.9 Å². The zero-order valence-electron chi connectivity index (χ0n) is 11.4. The molecule has 1 fully saturated rings. The van der Waals surface area contributed by atoms with Crippen molar-refractivity contribution in [3.8, 4) is 0 Å². The lowest BCUT2D eigenvalue weighted by Crippen LogP contribution is -2.37. The van der Waals surface area contributed by atoms with Crippen molar-refractivity contribution < 1.29 is 22.7 Å². The molecule has 1 aliphatic carbocycles. The number of halogens is 3. The fourth-order valence-corrected chi connectivity index (χ4v) is 1.88. The van der Waals surface area contributed by atoms with Crippen LogP contribution < -0.4 is 5.32 Å². The van der Waals surface area contributed by atoms with Crippen LogP contribution in [0.1, 0.15) is 33.6 Å². The van der Waals surface area contributed by atoms with Crippen molar-refractivity contribution in [3.63, 3.8) is 0 Å². The fourth-order valence-electron chi connectivity index (χ4n) is 1.88. The van der Waals surface area contributed by atoms with Crippen LogP contribution in [0, 0.1) is 0 Å². The molecule has 0 saturated heterocycles. The van der Waals surface area contributed by atoms with E-state index in [1.807, 2.05) is 0 Å². The summed E-state index contributed by atoms with van der Waals surface area (Å²) in [4.78, 5) is 11.6. The first-order valence-electron chi connectivity index (χ1n) is 6.16. The summed E-state index contributed by atoms with van der Waals surface area (Å²) in [6, 6.07) is 1.32. The number of nitrogens with zero attached hydrogens (tertiary/aromatic N) is 2. The molecule has 0 bridgehead atoms. The Kier molecular flexibility index (Phi) is 3.22. The summed E-state index contributed by atoms with van der Waals surface area (Å²) in [5, 5.41) is 6.00. The smallest absolute Gasteiger partial charge is 0.413 e. The highest BCUT2D eigenvalue weighted by atomic mass is 19.4. The van der Waals surface area contributed by atoms with Gasteiger partial charge in [0.25, 0.3) is 0 Å². The highest BCUT2D eigenvalue weighted by molar-refractivity contribution is 5.83. The Bertz CT molecular complexity index is 513. The molecule has 0 atom stereocenters. The van der Waals surface area contributed by atoms with Crippen LogP contribution >= 0.6 is 0 Å². The Morgan fingerprint density at radius 3 is 2.45 bits per heavy atom. The highest BCUT2D eigenvalue weighted by Crippen LogP contribution is 2.56. The molecule has 1 N–H and O–H groups in total. The number of hydrogen-bond donors (Lipinski definition) is 1. The average molecular weight is 291 g/mol. The minimum atomic E-state index is -4.40. The standard InChI is InChI=1S/C12H16F3N3O2/c1-10(2,3)20-9(19)17-8-4-7-16-18(8)11(5-6-11)12(13,14)15/h4,7H,5-6H2,1-3H3,(H,17,19). The van der Waals surface area contributed by atoms with E-state index in [4.69, 9.17) is 4.74 Å². The number of nitrogens with one attached hydrogen (secondary N) is 1. The van der Waals surface area contributed by atoms with Crippen molar-refractivity contribution in [1.82, 2.24) is 9.78 Å². The van der Waals surface area contributed by atoms with E-state index < -0.39 is 23.4 Å². The summed E-state index contributed by atoms with van der Waals surface area (Å²) >= 11 is 0. The number of hydrogen-bond acceptors (Lipinski definition) is 3. The van der Waals surface area contributed by atoms with E-state index >= 15 is 0 Å². The summed E-state index contributed by atoms with van der Waals surface area (Å²) in [6.07, 6.45) is -4.07. The second kappa shape index (κ2) is 4.39. The number of amides is 1. The average Bonchev–Trinajstić information content (AvgIpc) is 2.92. The van der Waals surface area contributed by atoms with E-state index in [1.54, 1.807) is 20.8 Å². The van der Waals surface area contributed by atoms with Crippen molar-refractivity contribution in [2.75, 3.05) is 5.32 Å². The first kappa shape index (κ1) is 14.7. The van der Waals surface area contributed by atoms with Gasteiger partial charge in [-0.25, -0.2) is 9.48 Å². The molecular weight excluding hydrogens is 275 g/mol. The molecule has 2 rings (SSSR count). The summed E-state index contributed by atoms with van der Waals surface area (Å²) in [7, 11) is 0. The zero-order valence-corrected chi connectivity index (χ0v) is 11.4. The van der Waals surface area contributed by atoms with E-state index in [9.17, 15) is 18.0 Å². The number of rotatable bonds is 2. The largest absolute Gasteiger partial charge is 0.444 e. The Morgan fingerprint density at radius 2 is 2.00 bits per heavy atom. The predicted molar refractivity (Wildman–Crippen MR) is 65.3 cm³/mol. The lowest BCUT2D eigenvalue weighted by atomic mass is 10.2. The van der Waals surface area contributed by atoms with Gasteiger partial charge in [-0.05, 0) is 33.6 Å². The van der Waals surface area contributed by atoms with Crippen molar-refractivity contribution in [2.45, 2.75) is 50.9 Å². The van der Waals surface area contributed by atoms with Gasteiger partial charge < -0.3 is 4.74 Å². The second-order valence-electron chi connectivity index (χ2n) is 5.78. The molecule has 5 nitrogen and oxygen atoms in total. The Morgan fingerprint density at radius 1 is 1.40 bits per heavy atom. The van der Waals surface area contributed by atoms with E-state index in [0.717, 1.165) is 4.68 Å². The molecular formula is C12H16F3N3O2. The molecule has 8 heteroatoms. The number of anilines is 1. The lowest BCUT2D eigenvalue weighted by Gasteiger charge is -2.23. The van der Waals surface area contributed by atoms with Crippen LogP contribution in [-0.4, -0.2) is 27.7 Å². The van der Waals surface area contributed by atoms with Gasteiger partial charge in [0, 0.05) is 6.07 Å². The molecule has 0 unspecified atom stereocenters. The van der Waals surface area contributed by atoms with Gasteiger partial charge in [0.2, 0.25) is 0 Å². The number of aromatic nitrogens is 2. The molecule has 1 amide bonds. The molecule has 0 aliphatic heterocycles. The van der Waals surface area contributed by atoms with Crippen LogP contribution in [0.25, 0.3) is 0 Å². The Labute approximate surface area is 114 Å². The maximum absolute atomic E-state index is 13.0. The van der Waals surface area contributed by atoms with Crippen molar-refractivity contribution in [2.24, 2.45) is 0 Å². The predicted octanol–water partition coefficient (Wildman–Crippen LogP) is 3.28. The van der Waals surface area contributed by atoms with Gasteiger partial charge >= 0.3 is 12.3 Å². The molecule has 20 heavy (non-hydrogen) atoms. The normalized spacial score (nSPS) is 17.7. The molecule has 0 spiro atoms. The summed E-state index contributed by atoms with van der Waals surface area (Å²) in [5.74, 6) is -0.0194. The topological polar surface area (TPSA) is 56.1 Å². The number of carbonyl (C=O) groups is 1. The quantitative estimate of drug-likeness (QED) is 0.909. The van der Waals surface area contributed by atoms with Crippen LogP contribution in [0.2, 0.25) is 0 Å². The molecule has 0 radical (unpaired) electrons. The van der Waals surface area contributed by atoms with Crippen molar-refractivity contribution in [3.05, 3.63) is 12.3 Å². The minimum absolute atomic E-state index is 0.0194. The first-order chi connectivity index (χ1) is 9.05. The zero-order chi connectivity index (χ0) is 15.2. The Balaban J connectivity index is 2.17. The maximum Gasteiger partial charge on any atom is 0.413 e. The van der Waals surface area contributed by atoms with Gasteiger partial charge in [-0.2, -0.15) is 18.3 Å². The molecule has 1 aromatic rings. The lowest BCUT2D eigenvalue weighted by molar-refractivity contribution is -0.182. The first-order valence-corrected chi connectivity index (χ1v) is 6.16. The molecule has 1 saturated carbocycles. The third-order valence-electron chi connectivity index (χ3n) is 2.93. The summed E-state index contributed by atoms with van der Waals surface area (Å²) in [6.45, 7) is 5.01. The molecule has 1 aromatic heterocycles. The van der Waals surface area contributed by atoms with Crippen LogP contribution in [0.4, 0.5) is 23.8 Å². The van der Waals surface area contributed by atoms with Gasteiger partial charge in [-0.1, -0.05) is 0 Å². The monoisotopic (exact) mass is 291 g/mol. The van der Waals surface area contributed by atoms with Gasteiger partial charge in [0.1, 0.15) is 11.4 Å². The van der Waals surface area contributed by atoms with E-state index in [-0.39, 0.29) is 18.7 Å². The second-order valence-corrected chi connectivity index (χ2v) is 5.78. The van der Waals surface area contributed by atoms with Gasteiger partial charge in [0.15, 0.2) is 5.54 Å². The van der Waals surface area contributed by atoms with E-state index in [1.165, 1.54) is 12.3 Å². The number of carbonyl (C=O) groups excluding carboxylic acids is 1. The molecule has 112 valence electrons. The summed E-state index contributed by atoms with van der Waals surface area (Å²) < 4.78 is 45.0. The highest BCUT2D eigenvalue weighted by Gasteiger charge is 2.66. The van der Waals surface area contributed by atoms with Gasteiger partial charge in [-0.3, -0.25) is 5.32 Å². The van der Waals surface area contributed by atoms with Crippen LogP contribution in [0.5, 0.6) is 0 Å². The molecule has 1 heterocycles. The maximum atomic E-state index is 13.0. The molecule has 1 aliphatic rings. The third-order valence-corrected chi connectivity index (χ3v) is 2.93. The molecule has 0 aromatic carbocycles. The van der Waals surface area contributed by atoms with Gasteiger partial charge in [0.05, 0.1) is 6.20 Å². The van der Waals surface area contributed by atoms with Crippen LogP contribution in [-0.2, 0) is 10.3 Å². The van der Waals surface area contributed by atoms with E-state index in [0.29, 0.717) is 0 Å². The van der Waals surface area contributed by atoms with Crippen molar-refractivity contribution in [1.29, 1.82) is 0 Å². The number of ether oxygens (including phenoxy) is 1. The van der Waals surface area contributed by atoms with Gasteiger partial charge in [-0.15, -0.1) is 0 Å².